The molecule has 5 nitrogen and oxygen atoms in total. The average Bonchev–Trinajstić information content (AvgIpc) is 3.18. The number of esters is 1. The number of ether oxygens (including phenoxy) is 1. The van der Waals surface area contributed by atoms with Crippen LogP contribution in [0.5, 0.6) is 0 Å². The number of carbonyl (C=O) groups is 2. The molecule has 4 rings (SSSR count). The first-order valence-electron chi connectivity index (χ1n) is 8.47. The first-order valence-corrected chi connectivity index (χ1v) is 8.47. The molecule has 128 valence electrons. The van der Waals surface area contributed by atoms with Crippen molar-refractivity contribution in [1.29, 1.82) is 0 Å². The molecule has 0 unspecified atom stereocenters. The lowest BCUT2D eigenvalue weighted by Crippen LogP contribution is -2.44. The maximum Gasteiger partial charge on any atom is 0.339 e. The predicted octanol–water partition coefficient (Wildman–Crippen LogP) is 2.66. The molecule has 25 heavy (non-hydrogen) atoms. The number of fused-ring (bicyclic) bond motifs is 2. The third kappa shape index (κ3) is 2.34. The number of carbonyl (C=O) groups excluding carboxylic acids is 2. The van der Waals surface area contributed by atoms with Gasteiger partial charge in [-0.25, -0.2) is 4.79 Å². The molecule has 0 bridgehead atoms. The van der Waals surface area contributed by atoms with E-state index in [2.05, 4.69) is 4.98 Å². The second-order valence-corrected chi connectivity index (χ2v) is 7.27. The number of hydrogen-bond acceptors (Lipinski definition) is 4. The highest BCUT2D eigenvalue weighted by Crippen LogP contribution is 2.44. The summed E-state index contributed by atoms with van der Waals surface area (Å²) in [6, 6.07) is 11.2. The Bertz CT molecular complexity index is 847. The van der Waals surface area contributed by atoms with Gasteiger partial charge < -0.3 is 9.64 Å². The number of hydrogen-bond donors (Lipinski definition) is 0. The minimum atomic E-state index is -0.700. The fraction of sp³-hybridized carbons (Fsp3) is 0.350. The van der Waals surface area contributed by atoms with Gasteiger partial charge in [0.1, 0.15) is 0 Å². The van der Waals surface area contributed by atoms with Gasteiger partial charge in [-0.1, -0.05) is 24.3 Å². The largest absolute Gasteiger partial charge is 0.449 e. The molecule has 0 saturated carbocycles. The predicted molar refractivity (Wildman–Crippen MR) is 92.0 cm³/mol. The molecular formula is C20H20N2O3. The summed E-state index contributed by atoms with van der Waals surface area (Å²) < 4.78 is 5.73. The van der Waals surface area contributed by atoms with Gasteiger partial charge in [-0.15, -0.1) is 0 Å². The first kappa shape index (κ1) is 15.8. The molecule has 1 aromatic heterocycles. The molecule has 2 aliphatic heterocycles. The topological polar surface area (TPSA) is 59.5 Å². The van der Waals surface area contributed by atoms with E-state index in [0.29, 0.717) is 25.1 Å². The Labute approximate surface area is 146 Å². The minimum absolute atomic E-state index is 0.0257. The van der Waals surface area contributed by atoms with Gasteiger partial charge in [0.2, 0.25) is 5.91 Å². The number of likely N-dealkylation sites (tertiary alicyclic amines) is 1. The van der Waals surface area contributed by atoms with Crippen molar-refractivity contribution in [1.82, 2.24) is 9.88 Å². The monoisotopic (exact) mass is 336 g/mol. The zero-order valence-electron chi connectivity index (χ0n) is 14.4. The molecule has 0 N–H and O–H groups in total. The van der Waals surface area contributed by atoms with Crippen molar-refractivity contribution in [3.63, 3.8) is 0 Å². The molecule has 1 spiro atoms. The fourth-order valence-corrected chi connectivity index (χ4v) is 3.86. The summed E-state index contributed by atoms with van der Waals surface area (Å²) in [6.07, 6.45) is 4.06. The summed E-state index contributed by atoms with van der Waals surface area (Å²) in [4.78, 5) is 31.3. The smallest absolute Gasteiger partial charge is 0.339 e. The van der Waals surface area contributed by atoms with Crippen LogP contribution < -0.4 is 0 Å². The van der Waals surface area contributed by atoms with E-state index in [1.54, 1.807) is 18.5 Å². The summed E-state index contributed by atoms with van der Waals surface area (Å²) in [6.45, 7) is 4.79. The van der Waals surface area contributed by atoms with Gasteiger partial charge in [-0.05, 0) is 31.5 Å². The van der Waals surface area contributed by atoms with E-state index in [9.17, 15) is 9.59 Å². The highest BCUT2D eigenvalue weighted by atomic mass is 16.6. The van der Waals surface area contributed by atoms with E-state index in [4.69, 9.17) is 4.74 Å². The lowest BCUT2D eigenvalue weighted by atomic mass is 9.84. The van der Waals surface area contributed by atoms with Crippen LogP contribution in [0, 0.1) is 0 Å². The molecular weight excluding hydrogens is 316 g/mol. The van der Waals surface area contributed by atoms with Crippen LogP contribution in [-0.4, -0.2) is 34.8 Å². The van der Waals surface area contributed by atoms with E-state index in [1.165, 1.54) is 0 Å². The maximum atomic E-state index is 13.2. The lowest BCUT2D eigenvalue weighted by molar-refractivity contribution is -0.136. The SMILES string of the molecule is CC(C)(C(=O)N1CC[C@@]2(C1)OC(=O)c1ccccc12)c1cccnc1. The fourth-order valence-electron chi connectivity index (χ4n) is 3.86. The second-order valence-electron chi connectivity index (χ2n) is 7.27. The van der Waals surface area contributed by atoms with Crippen LogP contribution in [0.15, 0.2) is 48.8 Å². The summed E-state index contributed by atoms with van der Waals surface area (Å²) in [5.41, 5.74) is 1.01. The standard InChI is InChI=1S/C20H20N2O3/c1-19(2,14-6-5-10-21-12-14)18(24)22-11-9-20(13-22)16-8-4-3-7-15(16)17(23)25-20/h3-8,10,12H,9,11,13H2,1-2H3/t20-/m0/s1. The highest BCUT2D eigenvalue weighted by Gasteiger charge is 2.52. The van der Waals surface area contributed by atoms with Crippen molar-refractivity contribution in [3.05, 3.63) is 65.5 Å². The number of nitrogens with zero attached hydrogens (tertiary/aromatic N) is 2. The van der Waals surface area contributed by atoms with Crippen molar-refractivity contribution >= 4 is 11.9 Å². The maximum absolute atomic E-state index is 13.2. The first-order chi connectivity index (χ1) is 11.9. The number of pyridine rings is 1. The van der Waals surface area contributed by atoms with Gasteiger partial charge in [0, 0.05) is 30.9 Å². The van der Waals surface area contributed by atoms with Gasteiger partial charge in [-0.2, -0.15) is 0 Å². The normalized spacial score (nSPS) is 22.2. The van der Waals surface area contributed by atoms with Crippen LogP contribution in [0.25, 0.3) is 0 Å². The average molecular weight is 336 g/mol. The molecule has 0 radical (unpaired) electrons. The highest BCUT2D eigenvalue weighted by molar-refractivity contribution is 5.95. The summed E-state index contributed by atoms with van der Waals surface area (Å²) in [7, 11) is 0. The Kier molecular flexibility index (Phi) is 3.42. The van der Waals surface area contributed by atoms with Crippen molar-refractivity contribution in [2.24, 2.45) is 0 Å². The molecule has 5 heteroatoms. The molecule has 1 aromatic carbocycles. The minimum Gasteiger partial charge on any atom is -0.449 e. The van der Waals surface area contributed by atoms with Crippen LogP contribution >= 0.6 is 0 Å². The Morgan fingerprint density at radius 2 is 2.04 bits per heavy atom. The third-order valence-electron chi connectivity index (χ3n) is 5.36. The number of benzene rings is 1. The van der Waals surface area contributed by atoms with Crippen LogP contribution in [-0.2, 0) is 20.5 Å². The van der Waals surface area contributed by atoms with E-state index < -0.39 is 11.0 Å². The van der Waals surface area contributed by atoms with Crippen molar-refractivity contribution in [2.75, 3.05) is 13.1 Å². The molecule has 1 atom stereocenters. The van der Waals surface area contributed by atoms with Crippen LogP contribution in [0.1, 0.15) is 41.8 Å². The van der Waals surface area contributed by atoms with Gasteiger partial charge in [0.05, 0.1) is 17.5 Å². The Balaban J connectivity index is 1.62. The van der Waals surface area contributed by atoms with Gasteiger partial charge in [0.25, 0.3) is 0 Å². The Morgan fingerprint density at radius 3 is 2.80 bits per heavy atom. The van der Waals surface area contributed by atoms with Crippen molar-refractivity contribution in [3.8, 4) is 0 Å². The number of rotatable bonds is 2. The Hall–Kier alpha value is -2.69. The van der Waals surface area contributed by atoms with Crippen molar-refractivity contribution in [2.45, 2.75) is 31.3 Å². The molecule has 1 fully saturated rings. The van der Waals surface area contributed by atoms with E-state index in [1.807, 2.05) is 49.1 Å². The zero-order valence-corrected chi connectivity index (χ0v) is 14.4. The number of aromatic nitrogens is 1. The van der Waals surface area contributed by atoms with Crippen LogP contribution in [0.2, 0.25) is 0 Å². The van der Waals surface area contributed by atoms with Gasteiger partial charge in [0.15, 0.2) is 5.60 Å². The molecule has 2 aromatic rings. The lowest BCUT2D eigenvalue weighted by Gasteiger charge is -2.30. The summed E-state index contributed by atoms with van der Waals surface area (Å²) in [5, 5.41) is 0. The Morgan fingerprint density at radius 1 is 1.24 bits per heavy atom. The van der Waals surface area contributed by atoms with E-state index in [0.717, 1.165) is 11.1 Å². The molecule has 1 saturated heterocycles. The van der Waals surface area contributed by atoms with Crippen LogP contribution in [0.3, 0.4) is 0 Å². The van der Waals surface area contributed by atoms with Gasteiger partial charge >= 0.3 is 5.97 Å². The molecule has 1 amide bonds. The van der Waals surface area contributed by atoms with Crippen LogP contribution in [0.4, 0.5) is 0 Å². The quantitative estimate of drug-likeness (QED) is 0.791. The van der Waals surface area contributed by atoms with E-state index in [-0.39, 0.29) is 11.9 Å². The molecule has 2 aliphatic rings. The number of amides is 1. The summed E-state index contributed by atoms with van der Waals surface area (Å²) in [5.74, 6) is -0.269. The zero-order chi connectivity index (χ0) is 17.7. The van der Waals surface area contributed by atoms with Gasteiger partial charge in [-0.3, -0.25) is 9.78 Å². The van der Waals surface area contributed by atoms with E-state index >= 15 is 0 Å². The third-order valence-corrected chi connectivity index (χ3v) is 5.36. The second kappa shape index (κ2) is 5.41. The molecule has 3 heterocycles. The van der Waals surface area contributed by atoms with Crippen molar-refractivity contribution < 1.29 is 14.3 Å². The molecule has 0 aliphatic carbocycles. The summed E-state index contributed by atoms with van der Waals surface area (Å²) >= 11 is 0.